The Balaban J connectivity index is 2.11. The maximum atomic E-state index is 12.5. The lowest BCUT2D eigenvalue weighted by atomic mass is 10.2. The Morgan fingerprint density at radius 3 is 2.17 bits per heavy atom. The van der Waals surface area contributed by atoms with E-state index in [2.05, 4.69) is 0 Å². The number of benzene rings is 1. The third kappa shape index (κ3) is 4.14. The van der Waals surface area contributed by atoms with E-state index >= 15 is 0 Å². The van der Waals surface area contributed by atoms with Crippen molar-refractivity contribution in [2.45, 2.75) is 17.3 Å². The molecule has 128 valence electrons. The summed E-state index contributed by atoms with van der Waals surface area (Å²) in [7, 11) is 1.27. The predicted octanol–water partition coefficient (Wildman–Crippen LogP) is 1.14. The maximum Gasteiger partial charge on any atom is 0.428 e. The minimum atomic E-state index is -4.83. The number of alkyl halides is 3. The molecular formula is C12H12ClF3N2O4S. The third-order valence-electron chi connectivity index (χ3n) is 3.32. The summed E-state index contributed by atoms with van der Waals surface area (Å²) in [5.74, 6) is -0.638. The number of piperazine rings is 1. The summed E-state index contributed by atoms with van der Waals surface area (Å²) < 4.78 is 59.6. The third-order valence-corrected chi connectivity index (χ3v) is 4.69. The summed E-state index contributed by atoms with van der Waals surface area (Å²) in [6.07, 6.45) is -7.53. The molecule has 1 amide bonds. The van der Waals surface area contributed by atoms with Gasteiger partial charge < -0.3 is 10.0 Å². The normalized spacial score (nSPS) is 19.0. The van der Waals surface area contributed by atoms with Gasteiger partial charge in [0.2, 0.25) is 12.1 Å². The molecule has 1 aromatic carbocycles. The molecule has 1 saturated heterocycles. The van der Waals surface area contributed by atoms with Gasteiger partial charge in [-0.15, -0.1) is 0 Å². The molecule has 2 rings (SSSR count). The first-order valence-electron chi connectivity index (χ1n) is 6.34. The molecule has 0 radical (unpaired) electrons. The molecule has 0 saturated carbocycles. The summed E-state index contributed by atoms with van der Waals surface area (Å²) in [5.41, 5.74) is 0.334. The fourth-order valence-electron chi connectivity index (χ4n) is 2.17. The Labute approximate surface area is 134 Å². The van der Waals surface area contributed by atoms with Crippen molar-refractivity contribution in [3.8, 4) is 0 Å². The lowest BCUT2D eigenvalue weighted by Gasteiger charge is -2.37. The van der Waals surface area contributed by atoms with E-state index < -0.39 is 33.9 Å². The minimum Gasteiger partial charge on any atom is -0.370 e. The predicted molar refractivity (Wildman–Crippen MR) is 75.5 cm³/mol. The highest BCUT2D eigenvalue weighted by molar-refractivity contribution is 8.13. The quantitative estimate of drug-likeness (QED) is 0.805. The van der Waals surface area contributed by atoms with Crippen LogP contribution < -0.4 is 4.90 Å². The van der Waals surface area contributed by atoms with E-state index in [0.29, 0.717) is 10.6 Å². The van der Waals surface area contributed by atoms with E-state index in [1.54, 1.807) is 0 Å². The van der Waals surface area contributed by atoms with Gasteiger partial charge in [-0.25, -0.2) is 8.42 Å². The number of aliphatic hydroxyl groups is 1. The Hall–Kier alpha value is -1.36. The molecule has 11 heteroatoms. The first-order valence-corrected chi connectivity index (χ1v) is 8.65. The molecule has 1 N–H and O–H groups in total. The van der Waals surface area contributed by atoms with Crippen LogP contribution in [0.2, 0.25) is 0 Å². The van der Waals surface area contributed by atoms with E-state index in [-0.39, 0.29) is 18.0 Å². The monoisotopic (exact) mass is 372 g/mol. The number of aliphatic hydroxyl groups excluding tert-OH is 1. The molecule has 1 unspecified atom stereocenters. The maximum absolute atomic E-state index is 12.5. The summed E-state index contributed by atoms with van der Waals surface area (Å²) in [4.78, 5) is 13.7. The standard InChI is InChI=1S/C12H12ClF3N2O4S/c13-23(21,22)9-3-1-8(2-4-9)18-6-5-17(7-10(18)19)11(20)12(14,15)16/h1-4,11,20H,5-7H2. The summed E-state index contributed by atoms with van der Waals surface area (Å²) in [6, 6.07) is 5.07. The van der Waals surface area contributed by atoms with Crippen LogP contribution in [-0.4, -0.2) is 56.4 Å². The fourth-order valence-corrected chi connectivity index (χ4v) is 2.94. The van der Waals surface area contributed by atoms with Crippen LogP contribution in [0.3, 0.4) is 0 Å². The summed E-state index contributed by atoms with van der Waals surface area (Å²) in [5, 5.41) is 9.16. The van der Waals surface area contributed by atoms with Gasteiger partial charge in [0.25, 0.3) is 9.05 Å². The van der Waals surface area contributed by atoms with E-state index in [4.69, 9.17) is 15.8 Å². The zero-order valence-corrected chi connectivity index (χ0v) is 13.1. The number of carbonyl (C=O) groups is 1. The Morgan fingerprint density at radius 1 is 1.17 bits per heavy atom. The van der Waals surface area contributed by atoms with Gasteiger partial charge in [-0.1, -0.05) is 0 Å². The van der Waals surface area contributed by atoms with Crippen molar-refractivity contribution < 1.29 is 31.5 Å². The molecule has 0 spiro atoms. The second-order valence-corrected chi connectivity index (χ2v) is 7.43. The SMILES string of the molecule is O=C1CN(C(O)C(F)(F)F)CCN1c1ccc(S(=O)(=O)Cl)cc1. The highest BCUT2D eigenvalue weighted by Gasteiger charge is 2.44. The van der Waals surface area contributed by atoms with Gasteiger partial charge in [0.05, 0.1) is 11.4 Å². The number of nitrogens with zero attached hydrogens (tertiary/aromatic N) is 2. The van der Waals surface area contributed by atoms with Crippen LogP contribution in [0.25, 0.3) is 0 Å². The average molecular weight is 373 g/mol. The van der Waals surface area contributed by atoms with Crippen molar-refractivity contribution in [1.29, 1.82) is 0 Å². The van der Waals surface area contributed by atoms with Crippen LogP contribution in [0.15, 0.2) is 29.2 Å². The smallest absolute Gasteiger partial charge is 0.370 e. The van der Waals surface area contributed by atoms with Crippen LogP contribution in [0, 0.1) is 0 Å². The van der Waals surface area contributed by atoms with Crippen LogP contribution in [0.5, 0.6) is 0 Å². The Morgan fingerprint density at radius 2 is 1.74 bits per heavy atom. The van der Waals surface area contributed by atoms with Gasteiger partial charge in [-0.3, -0.25) is 9.69 Å². The molecule has 0 aliphatic carbocycles. The molecule has 1 heterocycles. The molecular weight excluding hydrogens is 361 g/mol. The molecule has 1 fully saturated rings. The van der Waals surface area contributed by atoms with Gasteiger partial charge in [0, 0.05) is 29.5 Å². The van der Waals surface area contributed by atoms with Crippen molar-refractivity contribution in [2.24, 2.45) is 0 Å². The van der Waals surface area contributed by atoms with Crippen molar-refractivity contribution in [3.63, 3.8) is 0 Å². The average Bonchev–Trinajstić information content (AvgIpc) is 2.44. The highest BCUT2D eigenvalue weighted by atomic mass is 35.7. The largest absolute Gasteiger partial charge is 0.428 e. The topological polar surface area (TPSA) is 77.9 Å². The molecule has 1 atom stereocenters. The summed E-state index contributed by atoms with van der Waals surface area (Å²) in [6.45, 7) is -0.850. The fraction of sp³-hybridized carbons (Fsp3) is 0.417. The Kier molecular flexibility index (Phi) is 4.90. The van der Waals surface area contributed by atoms with E-state index in [9.17, 15) is 26.4 Å². The van der Waals surface area contributed by atoms with Gasteiger partial charge in [-0.05, 0) is 24.3 Å². The molecule has 1 aliphatic heterocycles. The molecule has 1 aromatic rings. The first kappa shape index (κ1) is 18.0. The second-order valence-electron chi connectivity index (χ2n) is 4.86. The van der Waals surface area contributed by atoms with Crippen molar-refractivity contribution in [1.82, 2.24) is 4.90 Å². The second kappa shape index (κ2) is 6.27. The number of anilines is 1. The van der Waals surface area contributed by atoms with Gasteiger partial charge in [-0.2, -0.15) is 13.2 Å². The minimum absolute atomic E-state index is 0.0705. The number of halogens is 4. The van der Waals surface area contributed by atoms with Crippen molar-refractivity contribution in [2.75, 3.05) is 24.5 Å². The number of carbonyl (C=O) groups excluding carboxylic acids is 1. The van der Waals surface area contributed by atoms with E-state index in [1.807, 2.05) is 0 Å². The first-order chi connectivity index (χ1) is 10.5. The van der Waals surface area contributed by atoms with Crippen LogP contribution in [-0.2, 0) is 13.8 Å². The van der Waals surface area contributed by atoms with E-state index in [0.717, 1.165) is 0 Å². The number of hydrogen-bond acceptors (Lipinski definition) is 5. The number of hydrogen-bond donors (Lipinski definition) is 1. The molecule has 6 nitrogen and oxygen atoms in total. The van der Waals surface area contributed by atoms with Crippen molar-refractivity contribution >= 4 is 31.3 Å². The van der Waals surface area contributed by atoms with Gasteiger partial charge in [0.1, 0.15) is 0 Å². The number of amides is 1. The number of rotatable bonds is 3. The van der Waals surface area contributed by atoms with E-state index in [1.165, 1.54) is 29.2 Å². The van der Waals surface area contributed by atoms with Crippen LogP contribution in [0.4, 0.5) is 18.9 Å². The zero-order valence-electron chi connectivity index (χ0n) is 11.5. The summed E-state index contributed by atoms with van der Waals surface area (Å²) >= 11 is 0. The van der Waals surface area contributed by atoms with Crippen LogP contribution >= 0.6 is 10.7 Å². The zero-order chi connectivity index (χ0) is 17.4. The lowest BCUT2D eigenvalue weighted by molar-refractivity contribution is -0.249. The lowest BCUT2D eigenvalue weighted by Crippen LogP contribution is -2.57. The van der Waals surface area contributed by atoms with Crippen LogP contribution in [0.1, 0.15) is 0 Å². The molecule has 0 bridgehead atoms. The molecule has 23 heavy (non-hydrogen) atoms. The van der Waals surface area contributed by atoms with Crippen molar-refractivity contribution in [3.05, 3.63) is 24.3 Å². The van der Waals surface area contributed by atoms with Gasteiger partial charge >= 0.3 is 6.18 Å². The highest BCUT2D eigenvalue weighted by Crippen LogP contribution is 2.26. The molecule has 0 aromatic heterocycles. The Bertz CT molecular complexity index is 693. The molecule has 1 aliphatic rings. The van der Waals surface area contributed by atoms with Gasteiger partial charge in [0.15, 0.2) is 0 Å².